The topological polar surface area (TPSA) is 52.3 Å². The molecule has 0 heterocycles. The molecule has 2 aromatic rings. The van der Waals surface area contributed by atoms with Crippen molar-refractivity contribution in [2.45, 2.75) is 6.42 Å². The molecule has 0 aliphatic heterocycles. The van der Waals surface area contributed by atoms with Crippen molar-refractivity contribution in [2.24, 2.45) is 0 Å². The third kappa shape index (κ3) is 3.15. The molecule has 2 rings (SSSR count). The molecule has 0 atom stereocenters. The van der Waals surface area contributed by atoms with E-state index in [-0.39, 0.29) is 5.78 Å². The van der Waals surface area contributed by atoms with E-state index in [0.717, 1.165) is 10.0 Å². The standard InChI is InChI=1S/C15H14BrNO2/c1-19-14-7-3-6-12(15(14)17)13(18)9-10-4-2-5-11(16)8-10/h2-8H,9,17H2,1H3. The summed E-state index contributed by atoms with van der Waals surface area (Å²) in [7, 11) is 1.54. The van der Waals surface area contributed by atoms with Crippen molar-refractivity contribution in [1.29, 1.82) is 0 Å². The lowest BCUT2D eigenvalue weighted by Crippen LogP contribution is -2.08. The second-order valence-electron chi connectivity index (χ2n) is 4.15. The zero-order chi connectivity index (χ0) is 13.8. The summed E-state index contributed by atoms with van der Waals surface area (Å²) in [5.41, 5.74) is 7.76. The van der Waals surface area contributed by atoms with Crippen LogP contribution in [0.3, 0.4) is 0 Å². The Bertz CT molecular complexity index is 611. The maximum absolute atomic E-state index is 12.3. The average molecular weight is 320 g/mol. The number of Topliss-reactive ketones (excluding diaryl/α,β-unsaturated/α-hetero) is 1. The molecule has 2 aromatic carbocycles. The lowest BCUT2D eigenvalue weighted by molar-refractivity contribution is 0.0993. The highest BCUT2D eigenvalue weighted by Crippen LogP contribution is 2.26. The summed E-state index contributed by atoms with van der Waals surface area (Å²) in [6, 6.07) is 12.9. The zero-order valence-corrected chi connectivity index (χ0v) is 12.1. The number of rotatable bonds is 4. The number of ether oxygens (including phenoxy) is 1. The molecule has 0 unspecified atom stereocenters. The van der Waals surface area contributed by atoms with Gasteiger partial charge in [-0.05, 0) is 29.8 Å². The minimum atomic E-state index is -0.0190. The molecule has 0 amide bonds. The van der Waals surface area contributed by atoms with Gasteiger partial charge in [0.05, 0.1) is 12.8 Å². The third-order valence-corrected chi connectivity index (χ3v) is 3.33. The van der Waals surface area contributed by atoms with Gasteiger partial charge in [0.15, 0.2) is 5.78 Å². The fraction of sp³-hybridized carbons (Fsp3) is 0.133. The van der Waals surface area contributed by atoms with Crippen LogP contribution in [0.25, 0.3) is 0 Å². The maximum Gasteiger partial charge on any atom is 0.169 e. The van der Waals surface area contributed by atoms with Gasteiger partial charge in [-0.2, -0.15) is 0 Å². The monoisotopic (exact) mass is 319 g/mol. The molecule has 0 spiro atoms. The minimum absolute atomic E-state index is 0.0190. The van der Waals surface area contributed by atoms with Crippen molar-refractivity contribution < 1.29 is 9.53 Å². The first-order valence-electron chi connectivity index (χ1n) is 5.82. The molecule has 0 fully saturated rings. The van der Waals surface area contributed by atoms with Crippen LogP contribution in [0.2, 0.25) is 0 Å². The van der Waals surface area contributed by atoms with Gasteiger partial charge >= 0.3 is 0 Å². The van der Waals surface area contributed by atoms with Gasteiger partial charge in [-0.3, -0.25) is 4.79 Å². The van der Waals surface area contributed by atoms with E-state index in [2.05, 4.69) is 15.9 Å². The van der Waals surface area contributed by atoms with Gasteiger partial charge in [-0.25, -0.2) is 0 Å². The second-order valence-corrected chi connectivity index (χ2v) is 5.07. The largest absolute Gasteiger partial charge is 0.495 e. The zero-order valence-electron chi connectivity index (χ0n) is 10.5. The first-order valence-corrected chi connectivity index (χ1v) is 6.61. The molecule has 0 aromatic heterocycles. The molecule has 0 saturated heterocycles. The fourth-order valence-electron chi connectivity index (χ4n) is 1.89. The lowest BCUT2D eigenvalue weighted by atomic mass is 10.0. The Morgan fingerprint density at radius 3 is 2.68 bits per heavy atom. The second kappa shape index (κ2) is 5.89. The van der Waals surface area contributed by atoms with Crippen LogP contribution in [-0.2, 0) is 6.42 Å². The molecule has 0 bridgehead atoms. The van der Waals surface area contributed by atoms with Gasteiger partial charge in [0.25, 0.3) is 0 Å². The summed E-state index contributed by atoms with van der Waals surface area (Å²) in [6.45, 7) is 0. The molecule has 3 nitrogen and oxygen atoms in total. The molecule has 0 radical (unpaired) electrons. The van der Waals surface area contributed by atoms with Gasteiger partial charge in [0, 0.05) is 16.5 Å². The molecule has 0 aliphatic carbocycles. The summed E-state index contributed by atoms with van der Waals surface area (Å²) in [5, 5.41) is 0. The molecule has 4 heteroatoms. The Hall–Kier alpha value is -1.81. The Labute approximate surface area is 120 Å². The number of nitrogens with two attached hydrogens (primary N) is 1. The van der Waals surface area contributed by atoms with E-state index in [1.807, 2.05) is 24.3 Å². The van der Waals surface area contributed by atoms with E-state index in [0.29, 0.717) is 23.4 Å². The Balaban J connectivity index is 2.25. The van der Waals surface area contributed by atoms with Gasteiger partial charge in [-0.15, -0.1) is 0 Å². The highest BCUT2D eigenvalue weighted by atomic mass is 79.9. The lowest BCUT2D eigenvalue weighted by Gasteiger charge is -2.09. The van der Waals surface area contributed by atoms with Crippen molar-refractivity contribution in [3.63, 3.8) is 0 Å². The molecular formula is C15H14BrNO2. The predicted molar refractivity (Wildman–Crippen MR) is 79.6 cm³/mol. The normalized spacial score (nSPS) is 10.2. The number of ketones is 1. The van der Waals surface area contributed by atoms with E-state index < -0.39 is 0 Å². The molecule has 0 aliphatic rings. The molecule has 19 heavy (non-hydrogen) atoms. The van der Waals surface area contributed by atoms with E-state index in [9.17, 15) is 4.79 Å². The van der Waals surface area contributed by atoms with Crippen LogP contribution in [-0.4, -0.2) is 12.9 Å². The number of anilines is 1. The van der Waals surface area contributed by atoms with E-state index >= 15 is 0 Å². The van der Waals surface area contributed by atoms with Gasteiger partial charge in [0.2, 0.25) is 0 Å². The number of hydrogen-bond acceptors (Lipinski definition) is 3. The van der Waals surface area contributed by atoms with Crippen molar-refractivity contribution in [3.8, 4) is 5.75 Å². The Morgan fingerprint density at radius 2 is 2.00 bits per heavy atom. The SMILES string of the molecule is COc1cccc(C(=O)Cc2cccc(Br)c2)c1N. The number of hydrogen-bond donors (Lipinski definition) is 1. The summed E-state index contributed by atoms with van der Waals surface area (Å²) in [5.74, 6) is 0.509. The van der Waals surface area contributed by atoms with E-state index in [4.69, 9.17) is 10.5 Å². The Morgan fingerprint density at radius 1 is 1.26 bits per heavy atom. The molecule has 98 valence electrons. The predicted octanol–water partition coefficient (Wildman–Crippen LogP) is 3.47. The number of nitrogen functional groups attached to an aromatic ring is 1. The summed E-state index contributed by atoms with van der Waals surface area (Å²) < 4.78 is 6.08. The van der Waals surface area contributed by atoms with Crippen LogP contribution in [0, 0.1) is 0 Å². The van der Waals surface area contributed by atoms with Gasteiger partial charge in [-0.1, -0.05) is 34.1 Å². The van der Waals surface area contributed by atoms with E-state index in [1.54, 1.807) is 18.2 Å². The number of carbonyl (C=O) groups excluding carboxylic acids is 1. The summed E-state index contributed by atoms with van der Waals surface area (Å²) >= 11 is 3.39. The van der Waals surface area contributed by atoms with Crippen molar-refractivity contribution >= 4 is 27.4 Å². The van der Waals surface area contributed by atoms with Crippen molar-refractivity contribution in [3.05, 3.63) is 58.1 Å². The number of para-hydroxylation sites is 1. The van der Waals surface area contributed by atoms with Crippen molar-refractivity contribution in [1.82, 2.24) is 0 Å². The molecule has 2 N–H and O–H groups in total. The van der Waals surface area contributed by atoms with Crippen LogP contribution in [0.1, 0.15) is 15.9 Å². The third-order valence-electron chi connectivity index (χ3n) is 2.84. The average Bonchev–Trinajstić information content (AvgIpc) is 2.39. The fourth-order valence-corrected chi connectivity index (χ4v) is 2.34. The van der Waals surface area contributed by atoms with E-state index in [1.165, 1.54) is 7.11 Å². The number of halogens is 1. The summed E-state index contributed by atoms with van der Waals surface area (Å²) in [6.07, 6.45) is 0.316. The van der Waals surface area contributed by atoms with Gasteiger partial charge < -0.3 is 10.5 Å². The van der Waals surface area contributed by atoms with Crippen LogP contribution in [0.5, 0.6) is 5.75 Å². The Kier molecular flexibility index (Phi) is 4.22. The minimum Gasteiger partial charge on any atom is -0.495 e. The number of benzene rings is 2. The van der Waals surface area contributed by atoms with Crippen LogP contribution in [0.15, 0.2) is 46.9 Å². The highest BCUT2D eigenvalue weighted by molar-refractivity contribution is 9.10. The highest BCUT2D eigenvalue weighted by Gasteiger charge is 2.13. The molecule has 0 saturated carbocycles. The quantitative estimate of drug-likeness (QED) is 0.693. The van der Waals surface area contributed by atoms with Crippen molar-refractivity contribution in [2.75, 3.05) is 12.8 Å². The van der Waals surface area contributed by atoms with Gasteiger partial charge in [0.1, 0.15) is 5.75 Å². The molecular weight excluding hydrogens is 306 g/mol. The smallest absolute Gasteiger partial charge is 0.169 e. The van der Waals surface area contributed by atoms with Crippen LogP contribution < -0.4 is 10.5 Å². The number of methoxy groups -OCH3 is 1. The van der Waals surface area contributed by atoms with Crippen LogP contribution >= 0.6 is 15.9 Å². The van der Waals surface area contributed by atoms with Crippen LogP contribution in [0.4, 0.5) is 5.69 Å². The summed E-state index contributed by atoms with van der Waals surface area (Å²) in [4.78, 5) is 12.3. The first kappa shape index (κ1) is 13.6. The number of carbonyl (C=O) groups is 1. The first-order chi connectivity index (χ1) is 9.11. The maximum atomic E-state index is 12.3.